The molecule has 0 aromatic heterocycles. The van der Waals surface area contributed by atoms with Crippen LogP contribution in [0.5, 0.6) is 11.5 Å². The van der Waals surface area contributed by atoms with Gasteiger partial charge in [-0.05, 0) is 128 Å². The average Bonchev–Trinajstić information content (AvgIpc) is 3.46. The minimum absolute atomic E-state index is 0.137. The van der Waals surface area contributed by atoms with E-state index in [1.165, 1.54) is 50.7 Å². The molecular formula is C38H56N2O6. The molecule has 2 saturated heterocycles. The Balaban J connectivity index is 0.914. The predicted octanol–water partition coefficient (Wildman–Crippen LogP) is 6.08. The summed E-state index contributed by atoms with van der Waals surface area (Å²) in [6.45, 7) is 11.1. The average molecular weight is 637 g/mol. The summed E-state index contributed by atoms with van der Waals surface area (Å²) in [6, 6.07) is 4.76. The second-order valence-corrected chi connectivity index (χ2v) is 16.8. The number of aromatic hydroxyl groups is 2. The van der Waals surface area contributed by atoms with Crippen LogP contribution < -0.4 is 10.6 Å². The Morgan fingerprint density at radius 3 is 2.48 bits per heavy atom. The van der Waals surface area contributed by atoms with Crippen LogP contribution in [0.1, 0.15) is 104 Å². The number of carbonyl (C=O) groups excluding carboxylic acids is 2. The highest BCUT2D eigenvalue weighted by atomic mass is 16.7. The van der Waals surface area contributed by atoms with E-state index in [1.54, 1.807) is 6.07 Å². The maximum atomic E-state index is 12.9. The maximum Gasteiger partial charge on any atom is 0.229 e. The van der Waals surface area contributed by atoms with Gasteiger partial charge in [-0.2, -0.15) is 0 Å². The van der Waals surface area contributed by atoms with Crippen molar-refractivity contribution in [3.63, 3.8) is 0 Å². The minimum atomic E-state index is -0.349. The van der Waals surface area contributed by atoms with Crippen LogP contribution >= 0.6 is 0 Å². The number of hydrogen-bond acceptors (Lipinski definition) is 6. The molecule has 2 heterocycles. The van der Waals surface area contributed by atoms with Crippen molar-refractivity contribution < 1.29 is 29.3 Å². The van der Waals surface area contributed by atoms with E-state index in [2.05, 4.69) is 38.3 Å². The van der Waals surface area contributed by atoms with E-state index in [-0.39, 0.29) is 41.6 Å². The Kier molecular flexibility index (Phi) is 8.39. The summed E-state index contributed by atoms with van der Waals surface area (Å²) < 4.78 is 13.5. The van der Waals surface area contributed by atoms with Crippen LogP contribution in [-0.2, 0) is 25.5 Å². The zero-order chi connectivity index (χ0) is 32.4. The Bertz CT molecular complexity index is 1330. The smallest absolute Gasteiger partial charge is 0.229 e. The molecule has 6 aliphatic rings. The van der Waals surface area contributed by atoms with Gasteiger partial charge in [-0.15, -0.1) is 0 Å². The fourth-order valence-electron chi connectivity index (χ4n) is 12.0. The summed E-state index contributed by atoms with van der Waals surface area (Å²) in [4.78, 5) is 25.3. The minimum Gasteiger partial charge on any atom is -0.504 e. The molecule has 1 spiro atoms. The van der Waals surface area contributed by atoms with Crippen LogP contribution in [0, 0.1) is 52.3 Å². The van der Waals surface area contributed by atoms with E-state index in [1.807, 2.05) is 0 Å². The van der Waals surface area contributed by atoms with Crippen LogP contribution in [0.2, 0.25) is 0 Å². The van der Waals surface area contributed by atoms with Crippen molar-refractivity contribution in [3.05, 3.63) is 23.8 Å². The second kappa shape index (κ2) is 12.0. The van der Waals surface area contributed by atoms with Crippen molar-refractivity contribution in [2.45, 2.75) is 123 Å². The van der Waals surface area contributed by atoms with E-state index >= 15 is 0 Å². The Hall–Kier alpha value is -2.32. The molecule has 2 aliphatic heterocycles. The number of phenolic OH excluding ortho intramolecular Hbond substituents is 2. The zero-order valence-electron chi connectivity index (χ0n) is 28.4. The van der Waals surface area contributed by atoms with Gasteiger partial charge in [0.2, 0.25) is 11.8 Å². The van der Waals surface area contributed by atoms with Crippen molar-refractivity contribution in [1.29, 1.82) is 0 Å². The van der Waals surface area contributed by atoms with Gasteiger partial charge in [0.05, 0.1) is 12.7 Å². The van der Waals surface area contributed by atoms with E-state index < -0.39 is 0 Å². The molecule has 46 heavy (non-hydrogen) atoms. The lowest BCUT2D eigenvalue weighted by Gasteiger charge is -2.61. The van der Waals surface area contributed by atoms with Crippen LogP contribution in [-0.4, -0.2) is 53.1 Å². The highest BCUT2D eigenvalue weighted by molar-refractivity contribution is 5.96. The van der Waals surface area contributed by atoms with Gasteiger partial charge in [-0.25, -0.2) is 0 Å². The van der Waals surface area contributed by atoms with Crippen LogP contribution in [0.25, 0.3) is 0 Å². The van der Waals surface area contributed by atoms with Crippen LogP contribution in [0.4, 0.5) is 0 Å². The van der Waals surface area contributed by atoms with Gasteiger partial charge < -0.3 is 30.3 Å². The first-order valence-corrected chi connectivity index (χ1v) is 18.3. The maximum absolute atomic E-state index is 12.9. The molecule has 1 unspecified atom stereocenters. The molecule has 7 rings (SSSR count). The van der Waals surface area contributed by atoms with Gasteiger partial charge in [-0.3, -0.25) is 9.59 Å². The zero-order valence-corrected chi connectivity index (χ0v) is 28.4. The molecular weight excluding hydrogens is 580 g/mol. The lowest BCUT2D eigenvalue weighted by Crippen LogP contribution is -2.56. The standard InChI is InChI=1S/C38H56N2O6/c1-22-9-15-38(45-21-22)23(2)35-32(46-38)19-29-27-7-6-25-18-26(10-13-36(25,3)28(27)11-14-37(29,35)4)40-34(44)20-33(43)39-16-12-24-5-8-30(41)31(42)17-24/h5,8,17,22-23,25-29,32,35,41-42H,6-7,9-16,18-21H2,1-4H3,(H,39,43)(H,40,44)/t22-,23+,25+,26?,27-,28+,29+,32+,35+,36+,37+,38-/m1/s1. The van der Waals surface area contributed by atoms with Crippen molar-refractivity contribution in [2.24, 2.45) is 52.3 Å². The molecule has 0 radical (unpaired) electrons. The number of phenols is 2. The summed E-state index contributed by atoms with van der Waals surface area (Å²) in [5, 5.41) is 25.2. The number of benzene rings is 1. The molecule has 8 nitrogen and oxygen atoms in total. The Morgan fingerprint density at radius 1 is 0.913 bits per heavy atom. The molecule has 12 atom stereocenters. The number of ether oxygens (including phenoxy) is 2. The van der Waals surface area contributed by atoms with Gasteiger partial charge in [0, 0.05) is 24.9 Å². The molecule has 4 N–H and O–H groups in total. The molecule has 6 fully saturated rings. The summed E-state index contributed by atoms with van der Waals surface area (Å²) in [6.07, 6.45) is 12.4. The third kappa shape index (κ3) is 5.43. The molecule has 1 aromatic rings. The van der Waals surface area contributed by atoms with Crippen molar-refractivity contribution in [3.8, 4) is 11.5 Å². The summed E-state index contributed by atoms with van der Waals surface area (Å²) in [5.74, 6) is 3.37. The lowest BCUT2D eigenvalue weighted by molar-refractivity contribution is -0.273. The van der Waals surface area contributed by atoms with Crippen LogP contribution in [0.3, 0.4) is 0 Å². The first kappa shape index (κ1) is 32.2. The largest absolute Gasteiger partial charge is 0.504 e. The fourth-order valence-corrected chi connectivity index (χ4v) is 12.0. The molecule has 2 amide bonds. The third-order valence-electron chi connectivity index (χ3n) is 14.4. The molecule has 1 aromatic carbocycles. The van der Waals surface area contributed by atoms with E-state index in [0.29, 0.717) is 53.6 Å². The van der Waals surface area contributed by atoms with Gasteiger partial charge in [0.15, 0.2) is 17.3 Å². The molecule has 0 bridgehead atoms. The van der Waals surface area contributed by atoms with Gasteiger partial charge in [0.1, 0.15) is 6.42 Å². The van der Waals surface area contributed by atoms with Gasteiger partial charge in [0.25, 0.3) is 0 Å². The van der Waals surface area contributed by atoms with E-state index in [4.69, 9.17) is 9.47 Å². The molecule has 254 valence electrons. The Morgan fingerprint density at radius 2 is 1.72 bits per heavy atom. The van der Waals surface area contributed by atoms with Crippen LogP contribution in [0.15, 0.2) is 18.2 Å². The number of hydrogen-bond donors (Lipinski definition) is 4. The van der Waals surface area contributed by atoms with E-state index in [0.717, 1.165) is 55.6 Å². The molecule has 4 saturated carbocycles. The monoisotopic (exact) mass is 636 g/mol. The highest BCUT2D eigenvalue weighted by Gasteiger charge is 2.69. The number of fused-ring (bicyclic) bond motifs is 7. The number of amides is 2. The summed E-state index contributed by atoms with van der Waals surface area (Å²) >= 11 is 0. The first-order chi connectivity index (χ1) is 21.9. The van der Waals surface area contributed by atoms with Gasteiger partial charge in [-0.1, -0.05) is 33.8 Å². The van der Waals surface area contributed by atoms with Crippen molar-refractivity contribution >= 4 is 11.8 Å². The van der Waals surface area contributed by atoms with Crippen molar-refractivity contribution in [2.75, 3.05) is 13.2 Å². The second-order valence-electron chi connectivity index (χ2n) is 16.8. The predicted molar refractivity (Wildman–Crippen MR) is 175 cm³/mol. The lowest BCUT2D eigenvalue weighted by atomic mass is 9.44. The Labute approximate surface area is 274 Å². The summed E-state index contributed by atoms with van der Waals surface area (Å²) in [5.41, 5.74) is 1.46. The topological polar surface area (TPSA) is 117 Å². The van der Waals surface area contributed by atoms with E-state index in [9.17, 15) is 19.8 Å². The molecule has 4 aliphatic carbocycles. The number of rotatable bonds is 6. The number of nitrogens with one attached hydrogen (secondary N) is 2. The van der Waals surface area contributed by atoms with Gasteiger partial charge >= 0.3 is 0 Å². The molecule has 8 heteroatoms. The normalized spacial score (nSPS) is 44.5. The summed E-state index contributed by atoms with van der Waals surface area (Å²) in [7, 11) is 0. The highest BCUT2D eigenvalue weighted by Crippen LogP contribution is 2.71. The van der Waals surface area contributed by atoms with Crippen molar-refractivity contribution in [1.82, 2.24) is 10.6 Å². The number of carbonyl (C=O) groups is 2. The quantitative estimate of drug-likeness (QED) is 0.222. The first-order valence-electron chi connectivity index (χ1n) is 18.3. The third-order valence-corrected chi connectivity index (χ3v) is 14.4. The SMILES string of the molecule is C[C@@H]1CC[C@@]2(OC1)O[C@H]1C[C@H]3[C@@H]4CC[C@H]5CC(NC(=O)CC(=O)NCCc6ccc(O)c(O)c6)CC[C@]5(C)[C@H]4CC[C@]3(C)[C@H]1[C@@H]2C. The fraction of sp³-hybridized carbons (Fsp3) is 0.789.